The second kappa shape index (κ2) is 5.63. The van der Waals surface area contributed by atoms with Gasteiger partial charge >= 0.3 is 0 Å². The molecule has 1 heterocycles. The van der Waals surface area contributed by atoms with Crippen LogP contribution >= 0.6 is 0 Å². The minimum absolute atomic E-state index is 0.621. The highest BCUT2D eigenvalue weighted by molar-refractivity contribution is 5.44. The van der Waals surface area contributed by atoms with E-state index in [1.165, 1.54) is 0 Å². The lowest BCUT2D eigenvalue weighted by molar-refractivity contribution is 0.200. The van der Waals surface area contributed by atoms with E-state index in [1.807, 2.05) is 6.92 Å². The van der Waals surface area contributed by atoms with E-state index in [1.54, 1.807) is 7.11 Å². The molecular formula is C10H18N4O. The fraction of sp³-hybridized carbons (Fsp3) is 0.600. The molecule has 1 rings (SSSR count). The Hall–Kier alpha value is -1.20. The number of methoxy groups -OCH3 is 1. The molecule has 5 nitrogen and oxygen atoms in total. The predicted molar refractivity (Wildman–Crippen MR) is 59.5 cm³/mol. The molecule has 0 aliphatic carbocycles. The first kappa shape index (κ1) is 11.9. The van der Waals surface area contributed by atoms with Crippen LogP contribution in [-0.2, 0) is 17.6 Å². The second-order valence-electron chi connectivity index (χ2n) is 3.30. The van der Waals surface area contributed by atoms with Gasteiger partial charge in [-0.2, -0.15) is 0 Å². The van der Waals surface area contributed by atoms with E-state index in [0.29, 0.717) is 18.8 Å². The number of nitrogens with two attached hydrogens (primary N) is 1. The van der Waals surface area contributed by atoms with Crippen molar-refractivity contribution in [1.29, 1.82) is 0 Å². The van der Waals surface area contributed by atoms with Gasteiger partial charge < -0.3 is 10.2 Å². The Morgan fingerprint density at radius 3 is 2.67 bits per heavy atom. The third kappa shape index (κ3) is 2.87. The van der Waals surface area contributed by atoms with Gasteiger partial charge in [0.2, 0.25) is 0 Å². The number of aromatic nitrogens is 2. The van der Waals surface area contributed by atoms with Crippen molar-refractivity contribution < 1.29 is 4.74 Å². The number of hydrazine groups is 1. The average Bonchev–Trinajstić information content (AvgIpc) is 2.27. The Morgan fingerprint density at radius 1 is 1.40 bits per heavy atom. The first-order chi connectivity index (χ1) is 7.22. The normalized spacial score (nSPS) is 10.4. The largest absolute Gasteiger partial charge is 0.384 e. The Kier molecular flexibility index (Phi) is 4.45. The quantitative estimate of drug-likeness (QED) is 0.556. The van der Waals surface area contributed by atoms with Crippen LogP contribution in [0.1, 0.15) is 24.0 Å². The van der Waals surface area contributed by atoms with Gasteiger partial charge in [-0.15, -0.1) is 0 Å². The number of rotatable bonds is 5. The van der Waals surface area contributed by atoms with Crippen LogP contribution in [0.25, 0.3) is 0 Å². The van der Waals surface area contributed by atoms with E-state index in [4.69, 9.17) is 10.6 Å². The third-order valence-electron chi connectivity index (χ3n) is 2.29. The lowest BCUT2D eigenvalue weighted by Crippen LogP contribution is -2.15. The number of anilines is 1. The standard InChI is InChI=1S/C10H18N4O/c1-4-8-7(2)10(14-11)13-9(12-8)5-6-15-3/h4-6,11H2,1-3H3,(H,12,13,14). The summed E-state index contributed by atoms with van der Waals surface area (Å²) in [5, 5.41) is 0. The van der Waals surface area contributed by atoms with E-state index >= 15 is 0 Å². The molecule has 1 aromatic rings. The minimum Gasteiger partial charge on any atom is -0.384 e. The lowest BCUT2D eigenvalue weighted by atomic mass is 10.2. The maximum atomic E-state index is 5.40. The van der Waals surface area contributed by atoms with Crippen molar-refractivity contribution in [3.8, 4) is 0 Å². The number of hydrogen-bond acceptors (Lipinski definition) is 5. The highest BCUT2D eigenvalue weighted by Gasteiger charge is 2.08. The monoisotopic (exact) mass is 210 g/mol. The molecule has 0 fully saturated rings. The molecule has 1 aromatic heterocycles. The Balaban J connectivity index is 2.98. The number of nitrogen functional groups attached to an aromatic ring is 1. The van der Waals surface area contributed by atoms with Crippen LogP contribution in [0.15, 0.2) is 0 Å². The average molecular weight is 210 g/mol. The minimum atomic E-state index is 0.621. The molecular weight excluding hydrogens is 192 g/mol. The van der Waals surface area contributed by atoms with E-state index in [9.17, 15) is 0 Å². The zero-order chi connectivity index (χ0) is 11.3. The molecule has 5 heteroatoms. The van der Waals surface area contributed by atoms with Gasteiger partial charge in [0.25, 0.3) is 0 Å². The Labute approximate surface area is 90.0 Å². The molecule has 15 heavy (non-hydrogen) atoms. The SMILES string of the molecule is CCc1nc(CCOC)nc(NN)c1C. The van der Waals surface area contributed by atoms with Crippen LogP contribution < -0.4 is 11.3 Å². The van der Waals surface area contributed by atoms with Crippen LogP contribution in [0.4, 0.5) is 5.82 Å². The Bertz CT molecular complexity index is 302. The summed E-state index contributed by atoms with van der Waals surface area (Å²) in [5.74, 6) is 6.87. The summed E-state index contributed by atoms with van der Waals surface area (Å²) in [4.78, 5) is 8.76. The third-order valence-corrected chi connectivity index (χ3v) is 2.29. The number of nitrogens with zero attached hydrogens (tertiary/aromatic N) is 2. The van der Waals surface area contributed by atoms with Crippen LogP contribution in [0.3, 0.4) is 0 Å². The Morgan fingerprint density at radius 2 is 2.13 bits per heavy atom. The summed E-state index contributed by atoms with van der Waals surface area (Å²) in [5.41, 5.74) is 4.64. The van der Waals surface area contributed by atoms with Gasteiger partial charge in [-0.05, 0) is 13.3 Å². The van der Waals surface area contributed by atoms with E-state index in [0.717, 1.165) is 23.5 Å². The maximum Gasteiger partial charge on any atom is 0.146 e. The lowest BCUT2D eigenvalue weighted by Gasteiger charge is -2.10. The zero-order valence-corrected chi connectivity index (χ0v) is 9.50. The molecule has 0 atom stereocenters. The zero-order valence-electron chi connectivity index (χ0n) is 9.50. The van der Waals surface area contributed by atoms with Crippen molar-refractivity contribution in [3.63, 3.8) is 0 Å². The van der Waals surface area contributed by atoms with Crippen LogP contribution in [0.5, 0.6) is 0 Å². The molecule has 0 aliphatic heterocycles. The molecule has 84 valence electrons. The van der Waals surface area contributed by atoms with Gasteiger partial charge in [-0.1, -0.05) is 6.92 Å². The molecule has 0 unspecified atom stereocenters. The molecule has 0 aromatic carbocycles. The van der Waals surface area contributed by atoms with Gasteiger partial charge in [0.15, 0.2) is 0 Å². The predicted octanol–water partition coefficient (Wildman–Crippen LogP) is 0.822. The molecule has 0 spiro atoms. The summed E-state index contributed by atoms with van der Waals surface area (Å²) in [6, 6.07) is 0. The molecule has 0 saturated heterocycles. The molecule has 0 aliphatic rings. The van der Waals surface area contributed by atoms with E-state index < -0.39 is 0 Å². The fourth-order valence-corrected chi connectivity index (χ4v) is 1.40. The van der Waals surface area contributed by atoms with Crippen LogP contribution in [0.2, 0.25) is 0 Å². The molecule has 0 saturated carbocycles. The molecule has 3 N–H and O–H groups in total. The number of nitrogens with one attached hydrogen (secondary N) is 1. The highest BCUT2D eigenvalue weighted by Crippen LogP contribution is 2.15. The van der Waals surface area contributed by atoms with Crippen molar-refractivity contribution in [2.45, 2.75) is 26.7 Å². The first-order valence-corrected chi connectivity index (χ1v) is 5.04. The smallest absolute Gasteiger partial charge is 0.146 e. The summed E-state index contributed by atoms with van der Waals surface area (Å²) in [7, 11) is 1.66. The van der Waals surface area contributed by atoms with Crippen molar-refractivity contribution in [2.75, 3.05) is 19.1 Å². The van der Waals surface area contributed by atoms with Crippen molar-refractivity contribution >= 4 is 5.82 Å². The maximum absolute atomic E-state index is 5.40. The van der Waals surface area contributed by atoms with Gasteiger partial charge in [0.1, 0.15) is 11.6 Å². The van der Waals surface area contributed by atoms with Gasteiger partial charge in [0, 0.05) is 24.8 Å². The number of hydrogen-bond donors (Lipinski definition) is 2. The number of ether oxygens (including phenoxy) is 1. The molecule has 0 radical (unpaired) electrons. The summed E-state index contributed by atoms with van der Waals surface area (Å²) < 4.78 is 4.99. The molecule has 0 bridgehead atoms. The van der Waals surface area contributed by atoms with E-state index in [-0.39, 0.29) is 0 Å². The van der Waals surface area contributed by atoms with Crippen molar-refractivity contribution in [1.82, 2.24) is 9.97 Å². The summed E-state index contributed by atoms with van der Waals surface area (Å²) in [6.07, 6.45) is 1.58. The van der Waals surface area contributed by atoms with Crippen molar-refractivity contribution in [3.05, 3.63) is 17.1 Å². The van der Waals surface area contributed by atoms with Crippen LogP contribution in [0, 0.1) is 6.92 Å². The fourth-order valence-electron chi connectivity index (χ4n) is 1.40. The highest BCUT2D eigenvalue weighted by atomic mass is 16.5. The second-order valence-corrected chi connectivity index (χ2v) is 3.30. The van der Waals surface area contributed by atoms with Gasteiger partial charge in [-0.25, -0.2) is 15.8 Å². The summed E-state index contributed by atoms with van der Waals surface area (Å²) in [6.45, 7) is 4.65. The first-order valence-electron chi connectivity index (χ1n) is 5.04. The topological polar surface area (TPSA) is 73.1 Å². The van der Waals surface area contributed by atoms with Gasteiger partial charge in [0.05, 0.1) is 6.61 Å². The number of aryl methyl sites for hydroxylation is 1. The summed E-state index contributed by atoms with van der Waals surface area (Å²) >= 11 is 0. The van der Waals surface area contributed by atoms with Gasteiger partial charge in [-0.3, -0.25) is 0 Å². The van der Waals surface area contributed by atoms with Crippen LogP contribution in [-0.4, -0.2) is 23.7 Å². The van der Waals surface area contributed by atoms with Crippen molar-refractivity contribution in [2.24, 2.45) is 5.84 Å². The van der Waals surface area contributed by atoms with E-state index in [2.05, 4.69) is 22.3 Å². The molecule has 0 amide bonds.